The van der Waals surface area contributed by atoms with E-state index in [2.05, 4.69) is 106 Å². The molecule has 16 atom stereocenters. The minimum atomic E-state index is 0.0291. The summed E-state index contributed by atoms with van der Waals surface area (Å²) >= 11 is 0. The van der Waals surface area contributed by atoms with Gasteiger partial charge in [0.1, 0.15) is 35.2 Å². The minimum absolute atomic E-state index is 0.0291. The Bertz CT molecular complexity index is 3550. The first-order valence-electron chi connectivity index (χ1n) is 49.5. The van der Waals surface area contributed by atoms with Crippen molar-refractivity contribution in [2.45, 2.75) is 370 Å². The van der Waals surface area contributed by atoms with Gasteiger partial charge in [-0.15, -0.1) is 0 Å². The van der Waals surface area contributed by atoms with Gasteiger partial charge in [-0.2, -0.15) is 0 Å². The largest absolute Gasteiger partial charge is 0.494 e. The standard InChI is InChI=1S/C109H162N2O8/c1-80(2)34-32-36-82(5)98-60-62-100-96-58-44-86-76-94(64-68-106(86,7)102(96)66-70-108(98,100)9)118-104(112)38-26-21-17-13-11-15-19-23-28-72-114-90-50-40-84(41-51-90)78-110-88-46-54-92(55-47-88)116-74-30-25-31-75-117-93-56-48-89(49-57-93)111-79-85-42-52-91(53-43-85)115-73-29-24-20-16-12-14-18-22-27-39-105(113)119-95-65-69-107(8)87(77-95)45-59-97-101-63-61-99(83(6)37-33-35-81(3)4)109(101,10)71-67-103(97)107/h40-57,78-83,94-103H,11-39,58-77H2,1-10H3/t82-,83-,94+,95+,96+,97+,98-,99-,100+,101+,102+,103+,106+,107+,108-,109-/m1/s1. The van der Waals surface area contributed by atoms with Crippen LogP contribution in [0.3, 0.4) is 0 Å². The molecular formula is C109H162N2O8. The van der Waals surface area contributed by atoms with Crippen LogP contribution >= 0.6 is 0 Å². The molecule has 0 aromatic heterocycles. The molecule has 0 spiro atoms. The molecule has 0 N–H and O–H groups in total. The van der Waals surface area contributed by atoms with Crippen LogP contribution in [0.25, 0.3) is 0 Å². The molecule has 0 bridgehead atoms. The first-order valence-corrected chi connectivity index (χ1v) is 49.5. The Hall–Kier alpha value is -6.16. The number of hydrogen-bond donors (Lipinski definition) is 0. The van der Waals surface area contributed by atoms with Crippen molar-refractivity contribution < 1.29 is 38.0 Å². The summed E-state index contributed by atoms with van der Waals surface area (Å²) in [6.45, 7) is 28.1. The number of rotatable bonds is 50. The van der Waals surface area contributed by atoms with E-state index in [4.69, 9.17) is 38.4 Å². The summed E-state index contributed by atoms with van der Waals surface area (Å²) in [5.74, 6) is 13.8. The predicted molar refractivity (Wildman–Crippen MR) is 494 cm³/mol. The number of allylic oxidation sites excluding steroid dienone is 2. The third kappa shape index (κ3) is 26.0. The lowest BCUT2D eigenvalue weighted by molar-refractivity contribution is -0.152. The van der Waals surface area contributed by atoms with E-state index in [0.29, 0.717) is 47.7 Å². The highest BCUT2D eigenvalue weighted by molar-refractivity contribution is 5.83. The van der Waals surface area contributed by atoms with E-state index in [1.807, 2.05) is 85.2 Å². The molecule has 0 amide bonds. The van der Waals surface area contributed by atoms with Crippen LogP contribution in [0.2, 0.25) is 0 Å². The molecule has 4 aromatic carbocycles. The summed E-state index contributed by atoms with van der Waals surface area (Å²) in [5, 5.41) is 0. The lowest BCUT2D eigenvalue weighted by Gasteiger charge is -2.58. The van der Waals surface area contributed by atoms with Crippen LogP contribution in [-0.4, -0.2) is 63.0 Å². The van der Waals surface area contributed by atoms with Crippen LogP contribution in [0.5, 0.6) is 23.0 Å². The predicted octanol–water partition coefficient (Wildman–Crippen LogP) is 30.3. The van der Waals surface area contributed by atoms with Crippen molar-refractivity contribution in [1.29, 1.82) is 0 Å². The Morgan fingerprint density at radius 2 is 0.681 bits per heavy atom. The van der Waals surface area contributed by atoms with Gasteiger partial charge >= 0.3 is 11.9 Å². The zero-order chi connectivity index (χ0) is 83.5. The maximum atomic E-state index is 13.1. The number of carbonyl (C=O) groups is 2. The first-order chi connectivity index (χ1) is 57.8. The molecule has 656 valence electrons. The second-order valence-corrected chi connectivity index (χ2v) is 41.2. The van der Waals surface area contributed by atoms with Crippen molar-refractivity contribution in [1.82, 2.24) is 0 Å². The summed E-state index contributed by atoms with van der Waals surface area (Å²) < 4.78 is 36.7. The van der Waals surface area contributed by atoms with Gasteiger partial charge in [-0.3, -0.25) is 19.6 Å². The zero-order valence-corrected chi connectivity index (χ0v) is 76.4. The highest BCUT2D eigenvalue weighted by Gasteiger charge is 2.61. The quantitative estimate of drug-likeness (QED) is 0.0186. The molecule has 8 aliphatic rings. The van der Waals surface area contributed by atoms with Gasteiger partial charge in [-0.1, -0.05) is 221 Å². The monoisotopic (exact) mass is 1630 g/mol. The maximum absolute atomic E-state index is 13.1. The molecule has 10 nitrogen and oxygen atoms in total. The van der Waals surface area contributed by atoms with Crippen molar-refractivity contribution in [3.63, 3.8) is 0 Å². The molecule has 6 fully saturated rings. The van der Waals surface area contributed by atoms with E-state index in [1.54, 1.807) is 11.1 Å². The van der Waals surface area contributed by atoms with Crippen molar-refractivity contribution >= 4 is 35.7 Å². The number of fused-ring (bicyclic) bond motifs is 10. The van der Waals surface area contributed by atoms with Gasteiger partial charge in [0.25, 0.3) is 0 Å². The summed E-state index contributed by atoms with van der Waals surface area (Å²) in [6.07, 6.45) is 63.0. The number of ether oxygens (including phenoxy) is 6. The smallest absolute Gasteiger partial charge is 0.306 e. The minimum Gasteiger partial charge on any atom is -0.494 e. The van der Waals surface area contributed by atoms with Crippen LogP contribution < -0.4 is 18.9 Å². The number of nitrogens with zero attached hydrogens (tertiary/aromatic N) is 2. The summed E-state index contributed by atoms with van der Waals surface area (Å²) in [4.78, 5) is 35.6. The van der Waals surface area contributed by atoms with E-state index < -0.39 is 0 Å². The van der Waals surface area contributed by atoms with Gasteiger partial charge in [0.2, 0.25) is 0 Å². The Balaban J connectivity index is 0.414. The molecule has 6 saturated carbocycles. The Labute approximate surface area is 723 Å². The Kier molecular flexibility index (Phi) is 35.6. The van der Waals surface area contributed by atoms with Crippen LogP contribution in [0.15, 0.2) is 130 Å². The van der Waals surface area contributed by atoms with Crippen LogP contribution in [0, 0.1) is 92.7 Å². The summed E-state index contributed by atoms with van der Waals surface area (Å²) in [7, 11) is 0. The molecule has 0 heterocycles. The number of aliphatic imine (C=N–C) groups is 2. The van der Waals surface area contributed by atoms with Crippen molar-refractivity contribution in [2.24, 2.45) is 103 Å². The van der Waals surface area contributed by atoms with E-state index >= 15 is 0 Å². The topological polar surface area (TPSA) is 114 Å². The first kappa shape index (κ1) is 92.0. The van der Waals surface area contributed by atoms with Crippen molar-refractivity contribution in [3.8, 4) is 23.0 Å². The van der Waals surface area contributed by atoms with E-state index in [1.165, 1.54) is 193 Å². The second-order valence-electron chi connectivity index (χ2n) is 41.2. The van der Waals surface area contributed by atoms with Gasteiger partial charge in [-0.25, -0.2) is 0 Å². The molecule has 119 heavy (non-hydrogen) atoms. The van der Waals surface area contributed by atoms with Gasteiger partial charge in [0.05, 0.1) is 37.8 Å². The molecule has 4 aromatic rings. The van der Waals surface area contributed by atoms with Gasteiger partial charge in [0.15, 0.2) is 0 Å². The molecule has 0 saturated heterocycles. The molecular weight excluding hydrogens is 1470 g/mol. The fourth-order valence-electron chi connectivity index (χ4n) is 25.2. The molecule has 0 radical (unpaired) electrons. The average molecular weight is 1630 g/mol. The van der Waals surface area contributed by atoms with Gasteiger partial charge < -0.3 is 28.4 Å². The number of carbonyl (C=O) groups excluding carboxylic acids is 2. The van der Waals surface area contributed by atoms with Crippen LogP contribution in [-0.2, 0) is 19.1 Å². The molecule has 12 rings (SSSR count). The molecule has 0 aliphatic heterocycles. The fourth-order valence-corrected chi connectivity index (χ4v) is 25.2. The molecule has 0 unspecified atom stereocenters. The maximum Gasteiger partial charge on any atom is 0.306 e. The second kappa shape index (κ2) is 46.0. The number of esters is 2. The van der Waals surface area contributed by atoms with Gasteiger partial charge in [0, 0.05) is 38.1 Å². The third-order valence-electron chi connectivity index (χ3n) is 32.2. The lowest BCUT2D eigenvalue weighted by atomic mass is 9.47. The van der Waals surface area contributed by atoms with Crippen LogP contribution in [0.1, 0.15) is 369 Å². The highest BCUT2D eigenvalue weighted by Crippen LogP contribution is 2.69. The zero-order valence-electron chi connectivity index (χ0n) is 76.4. The van der Waals surface area contributed by atoms with Gasteiger partial charge in [-0.05, 0) is 336 Å². The Morgan fingerprint density at radius 1 is 0.361 bits per heavy atom. The molecule has 8 aliphatic carbocycles. The number of benzene rings is 4. The van der Waals surface area contributed by atoms with E-state index in [9.17, 15) is 9.59 Å². The van der Waals surface area contributed by atoms with Crippen molar-refractivity contribution in [2.75, 3.05) is 26.4 Å². The number of unbranched alkanes of at least 4 members (excludes halogenated alkanes) is 18. The average Bonchev–Trinajstić information content (AvgIpc) is 1.67. The lowest BCUT2D eigenvalue weighted by Crippen LogP contribution is -2.51. The summed E-state index contributed by atoms with van der Waals surface area (Å²) in [5.41, 5.74) is 8.72. The fraction of sp³-hybridized carbons (Fsp3) is 0.706. The highest BCUT2D eigenvalue weighted by atomic mass is 16.5. The third-order valence-corrected chi connectivity index (χ3v) is 32.2. The number of hydrogen-bond acceptors (Lipinski definition) is 10. The SMILES string of the molecule is CC(C)CCC[C@@H](C)[C@H]1CC[C@H]2[C@@H]3CC=C4C[C@@H](OC(=O)CCCCCCCCCCCOc5ccc(C=Nc6ccc(OCCCCCOc7ccc(N=Cc8ccc(OCCCCCCCCCCCC(=O)O[C@H]9CC[C@@]%10(C)C(=CC[C@H]%11[C@@H]%12CC[C@H]([C@H](C)CCCC(C)C)[C@@]%12(C)CC[C@@H]%11%10)C9)cc8)cc7)cc6)cc5)CC[C@]4(C)[C@H]3CC[C@]12C. The molecule has 10 heteroatoms. The Morgan fingerprint density at radius 3 is 1.03 bits per heavy atom. The van der Waals surface area contributed by atoms with Crippen molar-refractivity contribution in [3.05, 3.63) is 131 Å². The summed E-state index contributed by atoms with van der Waals surface area (Å²) in [6, 6.07) is 32.3. The van der Waals surface area contributed by atoms with E-state index in [-0.39, 0.29) is 24.1 Å². The van der Waals surface area contributed by atoms with Crippen LogP contribution in [0.4, 0.5) is 11.4 Å². The van der Waals surface area contributed by atoms with E-state index in [0.717, 1.165) is 213 Å². The normalized spacial score (nSPS) is 28.1.